The second-order valence-electron chi connectivity index (χ2n) is 5.57. The first-order valence-corrected chi connectivity index (χ1v) is 8.35. The number of carbonyl (C=O) groups is 2. The van der Waals surface area contributed by atoms with Crippen LogP contribution in [0.5, 0.6) is 0 Å². The second-order valence-corrected chi connectivity index (χ2v) is 6.41. The van der Waals surface area contributed by atoms with E-state index >= 15 is 0 Å². The van der Waals surface area contributed by atoms with Gasteiger partial charge in [-0.1, -0.05) is 42.1 Å². The number of ether oxygens (including phenoxy) is 1. The summed E-state index contributed by atoms with van der Waals surface area (Å²) in [5, 5.41) is 3.86. The van der Waals surface area contributed by atoms with Crippen LogP contribution < -0.4 is 5.32 Å². The van der Waals surface area contributed by atoms with Crippen molar-refractivity contribution in [1.82, 2.24) is 5.32 Å². The Balaban J connectivity index is 1.85. The first-order chi connectivity index (χ1) is 11.0. The Morgan fingerprint density at radius 3 is 2.65 bits per heavy atom. The van der Waals surface area contributed by atoms with Crippen LogP contribution in [-0.2, 0) is 14.3 Å². The van der Waals surface area contributed by atoms with Crippen molar-refractivity contribution in [2.24, 2.45) is 0 Å². The van der Waals surface area contributed by atoms with Gasteiger partial charge in [0.1, 0.15) is 0 Å². The Labute approximate surface area is 145 Å². The summed E-state index contributed by atoms with van der Waals surface area (Å²) in [6, 6.07) is 5.17. The summed E-state index contributed by atoms with van der Waals surface area (Å²) in [4.78, 5) is 23.7. The molecule has 1 aliphatic rings. The van der Waals surface area contributed by atoms with E-state index in [1.165, 1.54) is 12.2 Å². The lowest BCUT2D eigenvalue weighted by Crippen LogP contribution is -2.40. The van der Waals surface area contributed by atoms with E-state index in [9.17, 15) is 9.59 Å². The summed E-state index contributed by atoms with van der Waals surface area (Å²) < 4.78 is 5.10. The SMILES string of the molecule is C[C@H](OC(=O)/C=C/c1ccc(Cl)cc1Cl)C(=O)NC1CCCC1. The van der Waals surface area contributed by atoms with Gasteiger partial charge in [-0.2, -0.15) is 0 Å². The molecule has 23 heavy (non-hydrogen) atoms. The van der Waals surface area contributed by atoms with Gasteiger partial charge >= 0.3 is 5.97 Å². The minimum atomic E-state index is -0.826. The van der Waals surface area contributed by atoms with Gasteiger partial charge in [-0.25, -0.2) is 4.79 Å². The van der Waals surface area contributed by atoms with Gasteiger partial charge < -0.3 is 10.1 Å². The zero-order valence-electron chi connectivity index (χ0n) is 12.9. The quantitative estimate of drug-likeness (QED) is 0.641. The van der Waals surface area contributed by atoms with Crippen molar-refractivity contribution in [1.29, 1.82) is 0 Å². The third-order valence-electron chi connectivity index (χ3n) is 3.73. The predicted octanol–water partition coefficient (Wildman–Crippen LogP) is 4.00. The topological polar surface area (TPSA) is 55.4 Å². The van der Waals surface area contributed by atoms with Crippen molar-refractivity contribution in [2.75, 3.05) is 0 Å². The molecule has 0 spiro atoms. The highest BCUT2D eigenvalue weighted by Crippen LogP contribution is 2.22. The fourth-order valence-corrected chi connectivity index (χ4v) is 2.92. The van der Waals surface area contributed by atoms with Crippen LogP contribution >= 0.6 is 23.2 Å². The molecule has 1 fully saturated rings. The number of nitrogens with one attached hydrogen (secondary N) is 1. The molecule has 0 bridgehead atoms. The first kappa shape index (κ1) is 17.8. The Morgan fingerprint density at radius 2 is 2.00 bits per heavy atom. The monoisotopic (exact) mass is 355 g/mol. The van der Waals surface area contributed by atoms with Crippen LogP contribution in [0.1, 0.15) is 38.2 Å². The van der Waals surface area contributed by atoms with Crippen molar-refractivity contribution in [3.8, 4) is 0 Å². The van der Waals surface area contributed by atoms with E-state index in [4.69, 9.17) is 27.9 Å². The van der Waals surface area contributed by atoms with Gasteiger partial charge in [0.05, 0.1) is 0 Å². The zero-order valence-corrected chi connectivity index (χ0v) is 14.4. The summed E-state index contributed by atoms with van der Waals surface area (Å²) in [6.07, 6.45) is 6.18. The van der Waals surface area contributed by atoms with Gasteiger partial charge in [0, 0.05) is 22.2 Å². The van der Waals surface area contributed by atoms with Crippen molar-refractivity contribution in [2.45, 2.75) is 44.8 Å². The minimum absolute atomic E-state index is 0.201. The maximum atomic E-state index is 12.0. The van der Waals surface area contributed by atoms with E-state index in [0.29, 0.717) is 15.6 Å². The average molecular weight is 356 g/mol. The average Bonchev–Trinajstić information content (AvgIpc) is 2.99. The van der Waals surface area contributed by atoms with E-state index in [0.717, 1.165) is 25.7 Å². The predicted molar refractivity (Wildman–Crippen MR) is 91.4 cm³/mol. The van der Waals surface area contributed by atoms with E-state index < -0.39 is 12.1 Å². The molecular formula is C17H19Cl2NO3. The zero-order chi connectivity index (χ0) is 16.8. The van der Waals surface area contributed by atoms with Gasteiger partial charge in [-0.15, -0.1) is 0 Å². The summed E-state index contributed by atoms with van der Waals surface area (Å²) >= 11 is 11.8. The lowest BCUT2D eigenvalue weighted by Gasteiger charge is -2.16. The van der Waals surface area contributed by atoms with Crippen LogP contribution in [-0.4, -0.2) is 24.0 Å². The molecule has 0 heterocycles. The maximum Gasteiger partial charge on any atom is 0.331 e. The molecule has 0 saturated heterocycles. The lowest BCUT2D eigenvalue weighted by atomic mass is 10.2. The molecule has 0 aromatic heterocycles. The van der Waals surface area contributed by atoms with Gasteiger partial charge in [0.25, 0.3) is 5.91 Å². The number of hydrogen-bond acceptors (Lipinski definition) is 3. The highest BCUT2D eigenvalue weighted by molar-refractivity contribution is 6.35. The summed E-state index contributed by atoms with van der Waals surface area (Å²) in [5.74, 6) is -0.853. The molecule has 1 saturated carbocycles. The number of halogens is 2. The molecule has 1 aromatic carbocycles. The summed E-state index contributed by atoms with van der Waals surface area (Å²) in [7, 11) is 0. The van der Waals surface area contributed by atoms with E-state index in [2.05, 4.69) is 5.32 Å². The van der Waals surface area contributed by atoms with Crippen LogP contribution in [0.2, 0.25) is 10.0 Å². The number of hydrogen-bond donors (Lipinski definition) is 1. The Kier molecular flexibility index (Phi) is 6.48. The molecular weight excluding hydrogens is 337 g/mol. The van der Waals surface area contributed by atoms with Gasteiger partial charge in [0.2, 0.25) is 0 Å². The molecule has 1 aliphatic carbocycles. The van der Waals surface area contributed by atoms with Crippen LogP contribution in [0.4, 0.5) is 0 Å². The highest BCUT2D eigenvalue weighted by Gasteiger charge is 2.22. The molecule has 1 atom stereocenters. The smallest absolute Gasteiger partial charge is 0.331 e. The van der Waals surface area contributed by atoms with Gasteiger partial charge in [0.15, 0.2) is 6.10 Å². The Bertz CT molecular complexity index is 610. The van der Waals surface area contributed by atoms with Crippen LogP contribution in [0.3, 0.4) is 0 Å². The van der Waals surface area contributed by atoms with E-state index in [1.807, 2.05) is 0 Å². The van der Waals surface area contributed by atoms with Gasteiger partial charge in [-0.05, 0) is 43.5 Å². The van der Waals surface area contributed by atoms with Crippen molar-refractivity contribution in [3.05, 3.63) is 39.9 Å². The Hall–Kier alpha value is -1.52. The third kappa shape index (κ3) is 5.56. The van der Waals surface area contributed by atoms with Crippen LogP contribution in [0.15, 0.2) is 24.3 Å². The fourth-order valence-electron chi connectivity index (χ4n) is 2.45. The largest absolute Gasteiger partial charge is 0.449 e. The molecule has 0 unspecified atom stereocenters. The number of esters is 1. The molecule has 6 heteroatoms. The number of amides is 1. The summed E-state index contributed by atoms with van der Waals surface area (Å²) in [5.41, 5.74) is 0.649. The van der Waals surface area contributed by atoms with Crippen LogP contribution in [0.25, 0.3) is 6.08 Å². The van der Waals surface area contributed by atoms with Crippen molar-refractivity contribution < 1.29 is 14.3 Å². The Morgan fingerprint density at radius 1 is 1.30 bits per heavy atom. The molecule has 1 N–H and O–H groups in total. The third-order valence-corrected chi connectivity index (χ3v) is 4.29. The summed E-state index contributed by atoms with van der Waals surface area (Å²) in [6.45, 7) is 1.56. The molecule has 1 aromatic rings. The molecule has 0 radical (unpaired) electrons. The standard InChI is InChI=1S/C17H19Cl2NO3/c1-11(17(22)20-14-4-2-3-5-14)23-16(21)9-7-12-6-8-13(18)10-15(12)19/h6-11,14H,2-5H2,1H3,(H,20,22)/b9-7+/t11-/m0/s1. The molecule has 124 valence electrons. The number of rotatable bonds is 5. The van der Waals surface area contributed by atoms with Crippen LogP contribution in [0, 0.1) is 0 Å². The molecule has 4 nitrogen and oxygen atoms in total. The second kappa shape index (κ2) is 8.37. The molecule has 2 rings (SSSR count). The van der Waals surface area contributed by atoms with E-state index in [1.54, 1.807) is 25.1 Å². The lowest BCUT2D eigenvalue weighted by molar-refractivity contribution is -0.150. The van der Waals surface area contributed by atoms with Crippen molar-refractivity contribution in [3.63, 3.8) is 0 Å². The fraction of sp³-hybridized carbons (Fsp3) is 0.412. The van der Waals surface area contributed by atoms with Gasteiger partial charge in [-0.3, -0.25) is 4.79 Å². The minimum Gasteiger partial charge on any atom is -0.449 e. The number of benzene rings is 1. The first-order valence-electron chi connectivity index (χ1n) is 7.60. The molecule has 1 amide bonds. The highest BCUT2D eigenvalue weighted by atomic mass is 35.5. The maximum absolute atomic E-state index is 12.0. The van der Waals surface area contributed by atoms with E-state index in [-0.39, 0.29) is 11.9 Å². The molecule has 0 aliphatic heterocycles. The number of carbonyl (C=O) groups excluding carboxylic acids is 2. The van der Waals surface area contributed by atoms with Crippen molar-refractivity contribution >= 4 is 41.2 Å². The normalized spacial score (nSPS) is 16.5.